The first kappa shape index (κ1) is 15.2. The van der Waals surface area contributed by atoms with Crippen molar-refractivity contribution < 1.29 is 14.7 Å². The fourth-order valence-electron chi connectivity index (χ4n) is 2.33. The minimum Gasteiger partial charge on any atom is -0.481 e. The SMILES string of the molecule is CC(=O)N(CC(C)C(=O)O)c1c(C)cc(C)cc1C. The summed E-state index contributed by atoms with van der Waals surface area (Å²) in [6.07, 6.45) is 0. The van der Waals surface area contributed by atoms with Crippen molar-refractivity contribution in [3.63, 3.8) is 0 Å². The Balaban J connectivity index is 3.20. The zero-order chi connectivity index (χ0) is 14.7. The molecule has 1 N–H and O–H groups in total. The van der Waals surface area contributed by atoms with Gasteiger partial charge in [0.25, 0.3) is 0 Å². The van der Waals surface area contributed by atoms with Gasteiger partial charge in [0.15, 0.2) is 0 Å². The Morgan fingerprint density at radius 2 is 1.68 bits per heavy atom. The first-order valence-corrected chi connectivity index (χ1v) is 6.32. The molecule has 0 heterocycles. The lowest BCUT2D eigenvalue weighted by atomic mass is 10.0. The number of hydrogen-bond donors (Lipinski definition) is 1. The van der Waals surface area contributed by atoms with Crippen LogP contribution in [0.5, 0.6) is 0 Å². The van der Waals surface area contributed by atoms with E-state index in [0.29, 0.717) is 0 Å². The molecule has 0 aliphatic rings. The molecular formula is C15H21NO3. The summed E-state index contributed by atoms with van der Waals surface area (Å²) < 4.78 is 0. The van der Waals surface area contributed by atoms with E-state index < -0.39 is 11.9 Å². The van der Waals surface area contributed by atoms with Gasteiger partial charge in [-0.1, -0.05) is 24.6 Å². The van der Waals surface area contributed by atoms with Crippen molar-refractivity contribution in [3.05, 3.63) is 28.8 Å². The van der Waals surface area contributed by atoms with Crippen LogP contribution in [0.25, 0.3) is 0 Å². The van der Waals surface area contributed by atoms with Gasteiger partial charge in [0, 0.05) is 19.2 Å². The summed E-state index contributed by atoms with van der Waals surface area (Å²) in [6, 6.07) is 4.01. The molecule has 0 aromatic heterocycles. The van der Waals surface area contributed by atoms with Crippen molar-refractivity contribution in [2.75, 3.05) is 11.4 Å². The molecule has 0 saturated carbocycles. The van der Waals surface area contributed by atoms with Crippen molar-refractivity contribution in [3.8, 4) is 0 Å². The van der Waals surface area contributed by atoms with Gasteiger partial charge < -0.3 is 10.0 Å². The van der Waals surface area contributed by atoms with Crippen LogP contribution in [0.4, 0.5) is 5.69 Å². The monoisotopic (exact) mass is 263 g/mol. The summed E-state index contributed by atoms with van der Waals surface area (Å²) in [5, 5.41) is 9.00. The van der Waals surface area contributed by atoms with Crippen LogP contribution in [0.3, 0.4) is 0 Å². The number of anilines is 1. The van der Waals surface area contributed by atoms with Crippen molar-refractivity contribution in [1.29, 1.82) is 0 Å². The van der Waals surface area contributed by atoms with Gasteiger partial charge in [0.05, 0.1) is 5.92 Å². The van der Waals surface area contributed by atoms with Crippen LogP contribution in [-0.2, 0) is 9.59 Å². The maximum Gasteiger partial charge on any atom is 0.308 e. The Hall–Kier alpha value is -1.84. The number of carboxylic acids is 1. The van der Waals surface area contributed by atoms with Crippen molar-refractivity contribution in [2.24, 2.45) is 5.92 Å². The summed E-state index contributed by atoms with van der Waals surface area (Å²) >= 11 is 0. The van der Waals surface area contributed by atoms with Gasteiger partial charge in [0.2, 0.25) is 5.91 Å². The lowest BCUT2D eigenvalue weighted by Crippen LogP contribution is -2.36. The summed E-state index contributed by atoms with van der Waals surface area (Å²) in [5.41, 5.74) is 3.94. The molecule has 0 radical (unpaired) electrons. The average molecular weight is 263 g/mol. The van der Waals surface area contributed by atoms with Gasteiger partial charge in [-0.2, -0.15) is 0 Å². The highest BCUT2D eigenvalue weighted by Gasteiger charge is 2.22. The second-order valence-corrected chi connectivity index (χ2v) is 5.12. The molecule has 1 aromatic rings. The molecule has 0 spiro atoms. The van der Waals surface area contributed by atoms with E-state index in [0.717, 1.165) is 22.4 Å². The Labute approximate surface area is 114 Å². The molecule has 1 atom stereocenters. The Bertz CT molecular complexity index is 485. The Morgan fingerprint density at radius 3 is 2.05 bits per heavy atom. The third kappa shape index (κ3) is 3.56. The van der Waals surface area contributed by atoms with E-state index in [2.05, 4.69) is 0 Å². The van der Waals surface area contributed by atoms with Crippen LogP contribution in [0.2, 0.25) is 0 Å². The summed E-state index contributed by atoms with van der Waals surface area (Å²) in [4.78, 5) is 24.4. The zero-order valence-corrected chi connectivity index (χ0v) is 12.2. The normalized spacial score (nSPS) is 12.1. The molecule has 19 heavy (non-hydrogen) atoms. The predicted molar refractivity (Wildman–Crippen MR) is 75.5 cm³/mol. The fraction of sp³-hybridized carbons (Fsp3) is 0.467. The second-order valence-electron chi connectivity index (χ2n) is 5.12. The third-order valence-electron chi connectivity index (χ3n) is 3.16. The largest absolute Gasteiger partial charge is 0.481 e. The highest BCUT2D eigenvalue weighted by atomic mass is 16.4. The number of amides is 1. The number of nitrogens with zero attached hydrogens (tertiary/aromatic N) is 1. The molecule has 1 aromatic carbocycles. The van der Waals surface area contributed by atoms with Crippen LogP contribution in [0.15, 0.2) is 12.1 Å². The Morgan fingerprint density at radius 1 is 1.21 bits per heavy atom. The molecule has 1 rings (SSSR count). The zero-order valence-electron chi connectivity index (χ0n) is 12.2. The van der Waals surface area contributed by atoms with Crippen molar-refractivity contribution in [2.45, 2.75) is 34.6 Å². The number of hydrogen-bond acceptors (Lipinski definition) is 2. The van der Waals surface area contributed by atoms with Gasteiger partial charge in [-0.25, -0.2) is 0 Å². The van der Waals surface area contributed by atoms with Gasteiger partial charge in [0.1, 0.15) is 0 Å². The molecule has 0 bridgehead atoms. The molecule has 4 heteroatoms. The van der Waals surface area contributed by atoms with Crippen molar-refractivity contribution >= 4 is 17.6 Å². The highest BCUT2D eigenvalue weighted by molar-refractivity contribution is 5.94. The first-order chi connectivity index (χ1) is 8.73. The highest BCUT2D eigenvalue weighted by Crippen LogP contribution is 2.27. The minimum absolute atomic E-state index is 0.136. The maximum absolute atomic E-state index is 11.8. The van der Waals surface area contributed by atoms with E-state index in [1.165, 1.54) is 6.92 Å². The summed E-state index contributed by atoms with van der Waals surface area (Å²) in [5.74, 6) is -1.62. The minimum atomic E-state index is -0.895. The van der Waals surface area contributed by atoms with E-state index in [1.807, 2.05) is 32.9 Å². The fourth-order valence-corrected chi connectivity index (χ4v) is 2.33. The lowest BCUT2D eigenvalue weighted by Gasteiger charge is -2.27. The number of carbonyl (C=O) groups is 2. The van der Waals surface area contributed by atoms with E-state index in [9.17, 15) is 9.59 Å². The average Bonchev–Trinajstić information content (AvgIpc) is 2.25. The summed E-state index contributed by atoms with van der Waals surface area (Å²) in [7, 11) is 0. The molecule has 0 aliphatic heterocycles. The maximum atomic E-state index is 11.8. The second kappa shape index (κ2) is 5.87. The van der Waals surface area contributed by atoms with Gasteiger partial charge in [-0.05, 0) is 31.9 Å². The van der Waals surface area contributed by atoms with E-state index >= 15 is 0 Å². The molecular weight excluding hydrogens is 242 g/mol. The molecule has 1 unspecified atom stereocenters. The molecule has 1 amide bonds. The molecule has 4 nitrogen and oxygen atoms in total. The van der Waals surface area contributed by atoms with E-state index in [1.54, 1.807) is 11.8 Å². The molecule has 0 aliphatic carbocycles. The van der Waals surface area contributed by atoms with Crippen LogP contribution in [0, 0.1) is 26.7 Å². The Kier molecular flexibility index (Phi) is 4.70. The van der Waals surface area contributed by atoms with Crippen LogP contribution >= 0.6 is 0 Å². The molecule has 104 valence electrons. The third-order valence-corrected chi connectivity index (χ3v) is 3.16. The molecule has 0 fully saturated rings. The topological polar surface area (TPSA) is 57.6 Å². The van der Waals surface area contributed by atoms with E-state index in [-0.39, 0.29) is 12.5 Å². The van der Waals surface area contributed by atoms with Crippen molar-refractivity contribution in [1.82, 2.24) is 0 Å². The number of carboxylic acid groups (broad SMARTS) is 1. The van der Waals surface area contributed by atoms with Gasteiger partial charge in [-0.15, -0.1) is 0 Å². The lowest BCUT2D eigenvalue weighted by molar-refractivity contribution is -0.140. The summed E-state index contributed by atoms with van der Waals surface area (Å²) in [6.45, 7) is 9.15. The van der Waals surface area contributed by atoms with E-state index in [4.69, 9.17) is 5.11 Å². The van der Waals surface area contributed by atoms with Gasteiger partial charge in [-0.3, -0.25) is 9.59 Å². The smallest absolute Gasteiger partial charge is 0.308 e. The number of rotatable bonds is 4. The predicted octanol–water partition coefficient (Wildman–Crippen LogP) is 2.69. The van der Waals surface area contributed by atoms with Crippen LogP contribution < -0.4 is 4.90 Å². The van der Waals surface area contributed by atoms with Gasteiger partial charge >= 0.3 is 5.97 Å². The molecule has 0 saturated heterocycles. The number of aryl methyl sites for hydroxylation is 3. The number of benzene rings is 1. The standard InChI is InChI=1S/C15H21NO3/c1-9-6-10(2)14(11(3)7-9)16(13(5)17)8-12(4)15(18)19/h6-7,12H,8H2,1-5H3,(H,18,19). The number of aliphatic carboxylic acids is 1. The van der Waals surface area contributed by atoms with Crippen LogP contribution in [0.1, 0.15) is 30.5 Å². The quantitative estimate of drug-likeness (QED) is 0.908. The van der Waals surface area contributed by atoms with Crippen LogP contribution in [-0.4, -0.2) is 23.5 Å². The first-order valence-electron chi connectivity index (χ1n) is 6.32. The number of carbonyl (C=O) groups excluding carboxylic acids is 1.